The van der Waals surface area contributed by atoms with Crippen molar-refractivity contribution in [3.05, 3.63) is 39.7 Å². The summed E-state index contributed by atoms with van der Waals surface area (Å²) >= 11 is 1.37. The molecule has 1 saturated heterocycles. The average Bonchev–Trinajstić information content (AvgIpc) is 3.20. The lowest BCUT2D eigenvalue weighted by atomic mass is 10.0. The Bertz CT molecular complexity index is 1150. The van der Waals surface area contributed by atoms with Gasteiger partial charge in [-0.3, -0.25) is 9.59 Å². The van der Waals surface area contributed by atoms with Gasteiger partial charge >= 0.3 is 0 Å². The van der Waals surface area contributed by atoms with E-state index in [0.29, 0.717) is 21.5 Å². The zero-order valence-electron chi connectivity index (χ0n) is 17.1. The zero-order valence-corrected chi connectivity index (χ0v) is 17.9. The Kier molecular flexibility index (Phi) is 5.80. The number of aryl methyl sites for hydroxylation is 1. The number of anilines is 2. The summed E-state index contributed by atoms with van der Waals surface area (Å²) in [5.74, 6) is 0.437. The molecule has 30 heavy (non-hydrogen) atoms. The van der Waals surface area contributed by atoms with Gasteiger partial charge in [0.2, 0.25) is 10.9 Å². The molecule has 1 amide bonds. The van der Waals surface area contributed by atoms with Gasteiger partial charge in [-0.2, -0.15) is 9.61 Å². The first-order chi connectivity index (χ1) is 14.5. The number of nitrogens with two attached hydrogens (primary N) is 1. The van der Waals surface area contributed by atoms with Crippen LogP contribution in [0, 0.1) is 6.92 Å². The smallest absolute Gasteiger partial charge is 0.277 e. The number of fused-ring (bicyclic) bond motifs is 1. The molecule has 4 N–H and O–H groups in total. The summed E-state index contributed by atoms with van der Waals surface area (Å²) in [6.07, 6.45) is 0.801. The van der Waals surface area contributed by atoms with Crippen molar-refractivity contribution in [2.75, 3.05) is 42.9 Å². The molecule has 1 aromatic carbocycles. The maximum atomic E-state index is 12.7. The van der Waals surface area contributed by atoms with Crippen molar-refractivity contribution in [1.82, 2.24) is 19.9 Å². The van der Waals surface area contributed by atoms with E-state index in [1.54, 1.807) is 6.07 Å². The van der Waals surface area contributed by atoms with Crippen LogP contribution in [0.5, 0.6) is 0 Å². The van der Waals surface area contributed by atoms with Crippen molar-refractivity contribution in [2.24, 2.45) is 5.73 Å². The van der Waals surface area contributed by atoms with Crippen molar-refractivity contribution < 1.29 is 4.79 Å². The van der Waals surface area contributed by atoms with Gasteiger partial charge in [0.15, 0.2) is 0 Å². The van der Waals surface area contributed by atoms with Crippen LogP contribution in [0.15, 0.2) is 23.0 Å². The third-order valence-electron chi connectivity index (χ3n) is 5.24. The normalized spacial score (nSPS) is 14.3. The van der Waals surface area contributed by atoms with Gasteiger partial charge in [0.1, 0.15) is 10.8 Å². The van der Waals surface area contributed by atoms with Crippen LogP contribution >= 0.6 is 11.3 Å². The minimum atomic E-state index is -0.250. The second kappa shape index (κ2) is 8.50. The van der Waals surface area contributed by atoms with Crippen molar-refractivity contribution in [3.63, 3.8) is 0 Å². The fourth-order valence-electron chi connectivity index (χ4n) is 3.50. The molecule has 2 aromatic heterocycles. The van der Waals surface area contributed by atoms with Crippen LogP contribution < -0.4 is 26.8 Å². The van der Waals surface area contributed by atoms with Crippen LogP contribution in [0.3, 0.4) is 0 Å². The Morgan fingerprint density at radius 1 is 1.30 bits per heavy atom. The number of nitrogens with zero attached hydrogens (tertiary/aromatic N) is 4. The number of hydrogen-bond donors (Lipinski definition) is 3. The van der Waals surface area contributed by atoms with Crippen molar-refractivity contribution >= 4 is 33.7 Å². The number of hydrogen-bond acceptors (Lipinski definition) is 8. The Hall–Kier alpha value is -2.82. The number of carbonyl (C=O) groups excluding carboxylic acids is 1. The summed E-state index contributed by atoms with van der Waals surface area (Å²) in [7, 11) is 0. The number of rotatable bonds is 5. The maximum Gasteiger partial charge on any atom is 0.277 e. The highest BCUT2D eigenvalue weighted by Gasteiger charge is 2.18. The molecule has 0 bridgehead atoms. The Morgan fingerprint density at radius 2 is 2.07 bits per heavy atom. The number of aromatic nitrogens is 3. The molecule has 3 heterocycles. The molecule has 3 aromatic rings. The van der Waals surface area contributed by atoms with E-state index >= 15 is 0 Å². The van der Waals surface area contributed by atoms with Crippen LogP contribution in [0.4, 0.5) is 11.5 Å². The minimum Gasteiger partial charge on any atom is -0.354 e. The van der Waals surface area contributed by atoms with Crippen molar-refractivity contribution in [1.29, 1.82) is 0 Å². The summed E-state index contributed by atoms with van der Waals surface area (Å²) in [5.41, 5.74) is 8.78. The lowest BCUT2D eigenvalue weighted by Crippen LogP contribution is -2.44. The third-order valence-corrected chi connectivity index (χ3v) is 6.18. The molecule has 10 heteroatoms. The van der Waals surface area contributed by atoms with E-state index in [2.05, 4.69) is 20.6 Å². The molecule has 0 radical (unpaired) electrons. The van der Waals surface area contributed by atoms with Crippen LogP contribution in [-0.4, -0.2) is 53.2 Å². The largest absolute Gasteiger partial charge is 0.354 e. The molecule has 0 atom stereocenters. The van der Waals surface area contributed by atoms with Gasteiger partial charge in [-0.25, -0.2) is 4.98 Å². The molecule has 0 spiro atoms. The highest BCUT2D eigenvalue weighted by atomic mass is 32.1. The summed E-state index contributed by atoms with van der Waals surface area (Å²) in [5, 5.41) is 11.4. The molecule has 1 aliphatic rings. The first kappa shape index (κ1) is 20.5. The van der Waals surface area contributed by atoms with Gasteiger partial charge in [-0.05, 0) is 36.6 Å². The molecule has 158 valence electrons. The zero-order chi connectivity index (χ0) is 21.3. The van der Waals surface area contributed by atoms with Gasteiger partial charge in [-0.1, -0.05) is 18.3 Å². The van der Waals surface area contributed by atoms with E-state index in [1.165, 1.54) is 15.9 Å². The predicted octanol–water partition coefficient (Wildman–Crippen LogP) is 0.996. The molecule has 1 fully saturated rings. The van der Waals surface area contributed by atoms with E-state index in [-0.39, 0.29) is 18.0 Å². The van der Waals surface area contributed by atoms with Crippen molar-refractivity contribution in [2.45, 2.75) is 20.3 Å². The van der Waals surface area contributed by atoms with E-state index in [0.717, 1.165) is 49.3 Å². The summed E-state index contributed by atoms with van der Waals surface area (Å²) in [6, 6.07) is 5.55. The molecule has 0 aliphatic carbocycles. The van der Waals surface area contributed by atoms with Crippen LogP contribution in [0.2, 0.25) is 0 Å². The lowest BCUT2D eigenvalue weighted by Gasteiger charge is -2.27. The monoisotopic (exact) mass is 427 g/mol. The van der Waals surface area contributed by atoms with E-state index < -0.39 is 0 Å². The number of carbonyl (C=O) groups is 1. The quantitative estimate of drug-likeness (QED) is 0.556. The van der Waals surface area contributed by atoms with Crippen LogP contribution in [-0.2, 0) is 11.2 Å². The fraction of sp³-hybridized carbons (Fsp3) is 0.400. The molecule has 9 nitrogen and oxygen atoms in total. The van der Waals surface area contributed by atoms with E-state index in [9.17, 15) is 9.59 Å². The Labute approximate surface area is 177 Å². The minimum absolute atomic E-state index is 0.0830. The molecular formula is C20H25N7O2S. The summed E-state index contributed by atoms with van der Waals surface area (Å²) < 4.78 is 1.35. The third kappa shape index (κ3) is 3.93. The van der Waals surface area contributed by atoms with Gasteiger partial charge < -0.3 is 21.3 Å². The molecule has 0 saturated carbocycles. The fourth-order valence-corrected chi connectivity index (χ4v) is 4.47. The van der Waals surface area contributed by atoms with Gasteiger partial charge in [-0.15, -0.1) is 0 Å². The average molecular weight is 428 g/mol. The number of benzene rings is 1. The van der Waals surface area contributed by atoms with E-state index in [4.69, 9.17) is 10.7 Å². The first-order valence-corrected chi connectivity index (χ1v) is 10.8. The van der Waals surface area contributed by atoms with Gasteiger partial charge in [0.05, 0.1) is 6.54 Å². The van der Waals surface area contributed by atoms with E-state index in [1.807, 2.05) is 26.0 Å². The second-order valence-electron chi connectivity index (χ2n) is 7.21. The SMILES string of the molecule is CCc1cc(NC(=O)CN)c(C)c(-c2nn3c(=O)cc(N4CCNCC4)nc3s2)c1. The molecular weight excluding hydrogens is 402 g/mol. The summed E-state index contributed by atoms with van der Waals surface area (Å²) in [4.78, 5) is 31.9. The second-order valence-corrected chi connectivity index (χ2v) is 8.17. The van der Waals surface area contributed by atoms with Crippen LogP contribution in [0.1, 0.15) is 18.1 Å². The lowest BCUT2D eigenvalue weighted by molar-refractivity contribution is -0.114. The summed E-state index contributed by atoms with van der Waals surface area (Å²) in [6.45, 7) is 7.26. The van der Waals surface area contributed by atoms with Gasteiger partial charge in [0, 0.05) is 43.5 Å². The highest BCUT2D eigenvalue weighted by Crippen LogP contribution is 2.33. The topological polar surface area (TPSA) is 118 Å². The molecule has 0 unspecified atom stereocenters. The Morgan fingerprint density at radius 3 is 2.77 bits per heavy atom. The molecule has 4 rings (SSSR count). The van der Waals surface area contributed by atoms with Crippen LogP contribution in [0.25, 0.3) is 15.5 Å². The molecule has 1 aliphatic heterocycles. The predicted molar refractivity (Wildman–Crippen MR) is 119 cm³/mol. The standard InChI is InChI=1S/C20H25N7O2S/c1-3-13-8-14(12(2)15(9-13)23-17(28)11-21)19-25-27-18(29)10-16(24-20(27)30-19)26-6-4-22-5-7-26/h8-10,22H,3-7,11,21H2,1-2H3,(H,23,28). The number of piperazine rings is 1. The number of nitrogens with one attached hydrogen (secondary N) is 2. The first-order valence-electron chi connectivity index (χ1n) is 10.0. The van der Waals surface area contributed by atoms with Gasteiger partial charge in [0.25, 0.3) is 5.56 Å². The maximum absolute atomic E-state index is 12.7. The number of amides is 1. The Balaban J connectivity index is 1.79. The van der Waals surface area contributed by atoms with Crippen molar-refractivity contribution in [3.8, 4) is 10.6 Å². The highest BCUT2D eigenvalue weighted by molar-refractivity contribution is 7.19.